The Morgan fingerprint density at radius 3 is 1.73 bits per heavy atom. The van der Waals surface area contributed by atoms with Crippen LogP contribution >= 0.6 is 0 Å². The lowest BCUT2D eigenvalue weighted by Crippen LogP contribution is -2.15. The standard InChI is InChI=1S/C55H36O/c1-55(2)47-27-11-9-20-37(47)43-29-30-45-52-44-25-10-12-28-48(44)56-49(52)32-46(53(45)54(43)55)34-17-13-18-35(31-34)50-39-21-5-7-23-41(39)51(42-24-8-6-22-40(42)50)38-26-14-16-33-15-3-4-19-36(33)38/h3-32H,1-2H3. The van der Waals surface area contributed by atoms with Gasteiger partial charge in [-0.1, -0.05) is 178 Å². The van der Waals surface area contributed by atoms with Crippen molar-refractivity contribution in [1.29, 1.82) is 0 Å². The Morgan fingerprint density at radius 2 is 0.946 bits per heavy atom. The van der Waals surface area contributed by atoms with Crippen LogP contribution in [0.25, 0.3) is 110 Å². The molecule has 0 radical (unpaired) electrons. The smallest absolute Gasteiger partial charge is 0.136 e. The summed E-state index contributed by atoms with van der Waals surface area (Å²) in [5.41, 5.74) is 14.5. The number of hydrogen-bond donors (Lipinski definition) is 0. The zero-order valence-electron chi connectivity index (χ0n) is 31.2. The molecule has 0 spiro atoms. The van der Waals surface area contributed by atoms with E-state index in [1.54, 1.807) is 0 Å². The summed E-state index contributed by atoms with van der Waals surface area (Å²) in [6.45, 7) is 4.79. The van der Waals surface area contributed by atoms with Gasteiger partial charge in [-0.25, -0.2) is 0 Å². The van der Waals surface area contributed by atoms with E-state index in [1.165, 1.54) is 104 Å². The summed E-state index contributed by atoms with van der Waals surface area (Å²) in [6.07, 6.45) is 0. The highest BCUT2D eigenvalue weighted by atomic mass is 16.3. The van der Waals surface area contributed by atoms with Crippen LogP contribution in [0.1, 0.15) is 25.0 Å². The van der Waals surface area contributed by atoms with Crippen LogP contribution < -0.4 is 0 Å². The summed E-state index contributed by atoms with van der Waals surface area (Å²) in [4.78, 5) is 0. The zero-order valence-corrected chi connectivity index (χ0v) is 31.2. The minimum absolute atomic E-state index is 0.186. The topological polar surface area (TPSA) is 13.1 Å². The fraction of sp³-hybridized carbons (Fsp3) is 0.0545. The first-order chi connectivity index (χ1) is 27.6. The van der Waals surface area contributed by atoms with Crippen LogP contribution in [0.15, 0.2) is 186 Å². The molecule has 0 aliphatic heterocycles. The van der Waals surface area contributed by atoms with Gasteiger partial charge in [-0.2, -0.15) is 0 Å². The van der Waals surface area contributed by atoms with Gasteiger partial charge in [-0.3, -0.25) is 0 Å². The summed E-state index contributed by atoms with van der Waals surface area (Å²) in [5.74, 6) is 0. The molecule has 11 aromatic rings. The number of benzene rings is 10. The molecule has 1 nitrogen and oxygen atoms in total. The van der Waals surface area contributed by atoms with E-state index in [-0.39, 0.29) is 5.41 Å². The zero-order chi connectivity index (χ0) is 37.1. The maximum Gasteiger partial charge on any atom is 0.136 e. The first-order valence-electron chi connectivity index (χ1n) is 19.6. The fourth-order valence-corrected chi connectivity index (χ4v) is 10.3. The Morgan fingerprint density at radius 1 is 0.357 bits per heavy atom. The molecule has 1 aliphatic carbocycles. The van der Waals surface area contributed by atoms with Crippen molar-refractivity contribution in [2.75, 3.05) is 0 Å². The predicted octanol–water partition coefficient (Wildman–Crippen LogP) is 15.5. The van der Waals surface area contributed by atoms with Crippen LogP contribution in [0.4, 0.5) is 0 Å². The number of fused-ring (bicyclic) bond motifs is 12. The Bertz CT molecular complexity index is 3390. The maximum absolute atomic E-state index is 6.67. The summed E-state index contributed by atoms with van der Waals surface area (Å²) >= 11 is 0. The van der Waals surface area contributed by atoms with Crippen molar-refractivity contribution >= 4 is 65.0 Å². The Hall–Kier alpha value is -6.96. The molecule has 0 unspecified atom stereocenters. The van der Waals surface area contributed by atoms with Crippen molar-refractivity contribution in [2.24, 2.45) is 0 Å². The first kappa shape index (κ1) is 31.4. The number of rotatable bonds is 3. The van der Waals surface area contributed by atoms with Crippen molar-refractivity contribution in [3.63, 3.8) is 0 Å². The van der Waals surface area contributed by atoms with Crippen LogP contribution in [-0.4, -0.2) is 0 Å². The van der Waals surface area contributed by atoms with Crippen LogP contribution in [0.5, 0.6) is 0 Å². The molecular formula is C55H36O. The lowest BCUT2D eigenvalue weighted by molar-refractivity contribution is 0.665. The van der Waals surface area contributed by atoms with E-state index in [9.17, 15) is 0 Å². The third-order valence-electron chi connectivity index (χ3n) is 12.6. The molecular weight excluding hydrogens is 677 g/mol. The van der Waals surface area contributed by atoms with E-state index in [4.69, 9.17) is 4.42 Å². The van der Waals surface area contributed by atoms with E-state index < -0.39 is 0 Å². The molecule has 1 aromatic heterocycles. The summed E-state index contributed by atoms with van der Waals surface area (Å²) < 4.78 is 6.67. The van der Waals surface area contributed by atoms with Gasteiger partial charge in [0.15, 0.2) is 0 Å². The molecule has 10 aromatic carbocycles. The van der Waals surface area contributed by atoms with Crippen molar-refractivity contribution in [2.45, 2.75) is 19.3 Å². The highest BCUT2D eigenvalue weighted by Gasteiger charge is 2.38. The van der Waals surface area contributed by atoms with Crippen LogP contribution in [0.2, 0.25) is 0 Å². The Kier molecular flexibility index (Phi) is 6.46. The molecule has 0 fully saturated rings. The quantitative estimate of drug-likeness (QED) is 0.166. The average molecular weight is 713 g/mol. The monoisotopic (exact) mass is 712 g/mol. The van der Waals surface area contributed by atoms with Crippen LogP contribution in [0.3, 0.4) is 0 Å². The third-order valence-corrected chi connectivity index (χ3v) is 12.6. The molecule has 1 heterocycles. The van der Waals surface area contributed by atoms with Gasteiger partial charge in [0.05, 0.1) is 0 Å². The van der Waals surface area contributed by atoms with Gasteiger partial charge in [-0.05, 0) is 117 Å². The SMILES string of the molecule is CC1(C)c2ccccc2-c2ccc3c(c(-c4cccc(-c5c6ccccc6c(-c6cccc7ccccc67)c6ccccc56)c4)cc4oc5ccccc5c43)c21. The molecule has 0 bridgehead atoms. The summed E-state index contributed by atoms with van der Waals surface area (Å²) in [6, 6.07) is 67.1. The van der Waals surface area contributed by atoms with E-state index >= 15 is 0 Å². The molecule has 0 N–H and O–H groups in total. The lowest BCUT2D eigenvalue weighted by atomic mass is 9.78. The van der Waals surface area contributed by atoms with Gasteiger partial charge in [0.1, 0.15) is 11.2 Å². The maximum atomic E-state index is 6.67. The van der Waals surface area contributed by atoms with E-state index in [2.05, 4.69) is 196 Å². The second-order valence-corrected chi connectivity index (χ2v) is 15.9. The largest absolute Gasteiger partial charge is 0.456 e. The second-order valence-electron chi connectivity index (χ2n) is 15.9. The normalized spacial score (nSPS) is 13.3. The molecule has 56 heavy (non-hydrogen) atoms. The second kappa shape index (κ2) is 11.5. The Labute approximate surface area is 325 Å². The van der Waals surface area contributed by atoms with Crippen LogP contribution in [-0.2, 0) is 5.41 Å². The summed E-state index contributed by atoms with van der Waals surface area (Å²) in [7, 11) is 0. The Balaban J connectivity index is 1.17. The highest BCUT2D eigenvalue weighted by molar-refractivity contribution is 6.26. The summed E-state index contributed by atoms with van der Waals surface area (Å²) in [5, 5.41) is 12.4. The number of furan rings is 1. The molecule has 0 saturated heterocycles. The molecule has 1 aliphatic rings. The minimum Gasteiger partial charge on any atom is -0.456 e. The molecule has 0 saturated carbocycles. The molecule has 12 rings (SSSR count). The highest BCUT2D eigenvalue weighted by Crippen LogP contribution is 2.55. The van der Waals surface area contributed by atoms with E-state index in [0.717, 1.165) is 16.6 Å². The molecule has 0 atom stereocenters. The van der Waals surface area contributed by atoms with Crippen molar-refractivity contribution in [3.05, 3.63) is 193 Å². The van der Waals surface area contributed by atoms with Crippen molar-refractivity contribution in [3.8, 4) is 44.5 Å². The lowest BCUT2D eigenvalue weighted by Gasteiger charge is -2.25. The van der Waals surface area contributed by atoms with Gasteiger partial charge in [0.25, 0.3) is 0 Å². The number of hydrogen-bond acceptors (Lipinski definition) is 1. The molecule has 0 amide bonds. The van der Waals surface area contributed by atoms with Gasteiger partial charge < -0.3 is 4.42 Å². The molecule has 262 valence electrons. The van der Waals surface area contributed by atoms with E-state index in [1.807, 2.05) is 0 Å². The van der Waals surface area contributed by atoms with Crippen molar-refractivity contribution in [1.82, 2.24) is 0 Å². The van der Waals surface area contributed by atoms with Crippen molar-refractivity contribution < 1.29 is 4.42 Å². The van der Waals surface area contributed by atoms with Gasteiger partial charge in [-0.15, -0.1) is 0 Å². The molecule has 1 heteroatoms. The van der Waals surface area contributed by atoms with Gasteiger partial charge in [0, 0.05) is 16.2 Å². The van der Waals surface area contributed by atoms with Gasteiger partial charge >= 0.3 is 0 Å². The van der Waals surface area contributed by atoms with Gasteiger partial charge in [0.2, 0.25) is 0 Å². The average Bonchev–Trinajstić information content (AvgIpc) is 3.74. The minimum atomic E-state index is -0.186. The first-order valence-corrected chi connectivity index (χ1v) is 19.6. The van der Waals surface area contributed by atoms with Crippen LogP contribution in [0, 0.1) is 0 Å². The fourth-order valence-electron chi connectivity index (χ4n) is 10.3. The third kappa shape index (κ3) is 4.26. The number of para-hydroxylation sites is 1. The predicted molar refractivity (Wildman–Crippen MR) is 238 cm³/mol. The van der Waals surface area contributed by atoms with E-state index in [0.29, 0.717) is 0 Å².